The molecule has 2 aromatic rings. The molecule has 2 heterocycles. The summed E-state index contributed by atoms with van der Waals surface area (Å²) in [6, 6.07) is 5.59. The number of alkyl halides is 3. The van der Waals surface area contributed by atoms with Crippen molar-refractivity contribution in [2.75, 3.05) is 6.61 Å². The second kappa shape index (κ2) is 9.29. The monoisotopic (exact) mass is 395 g/mol. The maximum Gasteiger partial charge on any atom is 0.422 e. The van der Waals surface area contributed by atoms with Crippen molar-refractivity contribution in [3.8, 4) is 5.88 Å². The molecule has 0 aromatic carbocycles. The van der Waals surface area contributed by atoms with Crippen LogP contribution in [0.15, 0.2) is 36.7 Å². The number of aromatic nitrogens is 2. The number of nitrogens with one attached hydrogen (secondary N) is 1. The molecule has 0 aliphatic rings. The molecule has 0 saturated heterocycles. The summed E-state index contributed by atoms with van der Waals surface area (Å²) in [7, 11) is 0. The fraction of sp³-hybridized carbons (Fsp3) is 0.368. The number of ether oxygens (including phenoxy) is 1. The second-order valence-electron chi connectivity index (χ2n) is 6.18. The van der Waals surface area contributed by atoms with Gasteiger partial charge in [0.2, 0.25) is 5.88 Å². The molecule has 9 heteroatoms. The summed E-state index contributed by atoms with van der Waals surface area (Å²) in [5.74, 6) is -0.558. The quantitative estimate of drug-likeness (QED) is 0.741. The smallest absolute Gasteiger partial charge is 0.422 e. The van der Waals surface area contributed by atoms with Crippen LogP contribution in [-0.4, -0.2) is 34.4 Å². The lowest BCUT2D eigenvalue weighted by molar-refractivity contribution is -0.154. The number of carbonyl (C=O) groups excluding carboxylic acids is 2. The van der Waals surface area contributed by atoms with E-state index < -0.39 is 12.8 Å². The Balaban J connectivity index is 2.05. The van der Waals surface area contributed by atoms with Crippen LogP contribution >= 0.6 is 0 Å². The van der Waals surface area contributed by atoms with Crippen molar-refractivity contribution in [2.24, 2.45) is 0 Å². The van der Waals surface area contributed by atoms with Crippen molar-refractivity contribution >= 4 is 11.7 Å². The van der Waals surface area contributed by atoms with Crippen LogP contribution in [0, 0.1) is 0 Å². The van der Waals surface area contributed by atoms with Crippen molar-refractivity contribution in [1.82, 2.24) is 15.3 Å². The van der Waals surface area contributed by atoms with Gasteiger partial charge in [-0.05, 0) is 31.0 Å². The van der Waals surface area contributed by atoms with Gasteiger partial charge in [0, 0.05) is 36.1 Å². The van der Waals surface area contributed by atoms with Crippen LogP contribution in [0.3, 0.4) is 0 Å². The van der Waals surface area contributed by atoms with E-state index in [1.165, 1.54) is 31.5 Å². The molecule has 1 N–H and O–H groups in total. The fourth-order valence-corrected chi connectivity index (χ4v) is 2.47. The Labute approximate surface area is 160 Å². The van der Waals surface area contributed by atoms with Gasteiger partial charge in [-0.2, -0.15) is 13.2 Å². The first-order valence-corrected chi connectivity index (χ1v) is 8.58. The predicted octanol–water partition coefficient (Wildman–Crippen LogP) is 3.43. The van der Waals surface area contributed by atoms with Gasteiger partial charge >= 0.3 is 6.18 Å². The first kappa shape index (κ1) is 21.3. The molecule has 2 rings (SSSR count). The Bertz CT molecular complexity index is 823. The minimum absolute atomic E-state index is 0.0598. The van der Waals surface area contributed by atoms with Gasteiger partial charge in [-0.25, -0.2) is 4.98 Å². The number of Topliss-reactive ketones (excluding diaryl/α,β-unsaturated/α-hetero) is 1. The number of ketones is 1. The summed E-state index contributed by atoms with van der Waals surface area (Å²) in [5, 5.41) is 2.84. The van der Waals surface area contributed by atoms with E-state index >= 15 is 0 Å². The fourth-order valence-electron chi connectivity index (χ4n) is 2.47. The minimum atomic E-state index is -4.44. The number of hydrogen-bond donors (Lipinski definition) is 1. The standard InChI is InChI=1S/C19H20F3N3O3/c1-3-16(14-4-5-17(24-10-14)28-11-19(20,21)22)25-18(27)13-6-7-23-15(9-13)8-12(2)26/h4-7,9-10,16H,3,8,11H2,1-2H3,(H,25,27). The summed E-state index contributed by atoms with van der Waals surface area (Å²) in [4.78, 5) is 31.6. The Hall–Kier alpha value is -2.97. The molecule has 0 aliphatic heterocycles. The lowest BCUT2D eigenvalue weighted by Crippen LogP contribution is -2.28. The number of amides is 1. The molecule has 0 fully saturated rings. The maximum absolute atomic E-state index is 12.5. The molecular formula is C19H20F3N3O3. The zero-order valence-corrected chi connectivity index (χ0v) is 15.4. The maximum atomic E-state index is 12.5. The van der Waals surface area contributed by atoms with Crippen molar-refractivity contribution < 1.29 is 27.5 Å². The third-order valence-corrected chi connectivity index (χ3v) is 3.77. The third-order valence-electron chi connectivity index (χ3n) is 3.77. The summed E-state index contributed by atoms with van der Waals surface area (Å²) >= 11 is 0. The van der Waals surface area contributed by atoms with E-state index in [0.29, 0.717) is 23.2 Å². The second-order valence-corrected chi connectivity index (χ2v) is 6.18. The van der Waals surface area contributed by atoms with Crippen LogP contribution in [0.2, 0.25) is 0 Å². The molecule has 1 unspecified atom stereocenters. The van der Waals surface area contributed by atoms with Gasteiger partial charge in [-0.1, -0.05) is 13.0 Å². The average molecular weight is 395 g/mol. The number of pyridine rings is 2. The van der Waals surface area contributed by atoms with E-state index in [1.807, 2.05) is 6.92 Å². The van der Waals surface area contributed by atoms with Gasteiger partial charge in [0.05, 0.1) is 6.04 Å². The Kier molecular flexibility index (Phi) is 7.08. The van der Waals surface area contributed by atoms with Gasteiger partial charge in [0.1, 0.15) is 5.78 Å². The number of hydrogen-bond acceptors (Lipinski definition) is 5. The summed E-state index contributed by atoms with van der Waals surface area (Å²) < 4.78 is 41.1. The first-order chi connectivity index (χ1) is 13.2. The number of nitrogens with zero attached hydrogens (tertiary/aromatic N) is 2. The summed E-state index contributed by atoms with van der Waals surface area (Å²) in [6.07, 6.45) is -0.925. The highest BCUT2D eigenvalue weighted by Crippen LogP contribution is 2.21. The predicted molar refractivity (Wildman–Crippen MR) is 94.9 cm³/mol. The van der Waals surface area contributed by atoms with Gasteiger partial charge in [-0.15, -0.1) is 0 Å². The van der Waals surface area contributed by atoms with Gasteiger partial charge < -0.3 is 10.1 Å². The molecule has 0 saturated carbocycles. The van der Waals surface area contributed by atoms with Crippen LogP contribution in [0.1, 0.15) is 47.9 Å². The molecule has 28 heavy (non-hydrogen) atoms. The largest absolute Gasteiger partial charge is 0.468 e. The SMILES string of the molecule is CCC(NC(=O)c1ccnc(CC(C)=O)c1)c1ccc(OCC(F)(F)F)nc1. The van der Waals surface area contributed by atoms with Crippen LogP contribution in [0.5, 0.6) is 5.88 Å². The normalized spacial score (nSPS) is 12.3. The molecule has 1 atom stereocenters. The van der Waals surface area contributed by atoms with Crippen LogP contribution in [0.25, 0.3) is 0 Å². The minimum Gasteiger partial charge on any atom is -0.468 e. The molecule has 2 aromatic heterocycles. The summed E-state index contributed by atoms with van der Waals surface area (Å²) in [5.41, 5.74) is 1.50. The van der Waals surface area contributed by atoms with E-state index in [0.717, 1.165) is 0 Å². The van der Waals surface area contributed by atoms with Gasteiger partial charge in [0.25, 0.3) is 5.91 Å². The highest BCUT2D eigenvalue weighted by atomic mass is 19.4. The van der Waals surface area contributed by atoms with Crippen LogP contribution in [0.4, 0.5) is 13.2 Å². The van der Waals surface area contributed by atoms with Crippen molar-refractivity contribution in [3.63, 3.8) is 0 Å². The topological polar surface area (TPSA) is 81.2 Å². The Morgan fingerprint density at radius 2 is 1.96 bits per heavy atom. The van der Waals surface area contributed by atoms with Crippen LogP contribution in [-0.2, 0) is 11.2 Å². The summed E-state index contributed by atoms with van der Waals surface area (Å²) in [6.45, 7) is 1.88. The lowest BCUT2D eigenvalue weighted by Gasteiger charge is -2.18. The first-order valence-electron chi connectivity index (χ1n) is 8.58. The van der Waals surface area contributed by atoms with Gasteiger partial charge in [-0.3, -0.25) is 14.6 Å². The van der Waals surface area contributed by atoms with E-state index in [9.17, 15) is 22.8 Å². The van der Waals surface area contributed by atoms with E-state index in [4.69, 9.17) is 0 Å². The third kappa shape index (κ3) is 6.64. The zero-order chi connectivity index (χ0) is 20.7. The van der Waals surface area contributed by atoms with E-state index in [-0.39, 0.29) is 30.0 Å². The Morgan fingerprint density at radius 3 is 2.54 bits per heavy atom. The van der Waals surface area contributed by atoms with Gasteiger partial charge in [0.15, 0.2) is 6.61 Å². The van der Waals surface area contributed by atoms with E-state index in [1.54, 1.807) is 12.1 Å². The highest BCUT2D eigenvalue weighted by molar-refractivity contribution is 5.94. The number of carbonyl (C=O) groups is 2. The molecule has 6 nitrogen and oxygen atoms in total. The molecular weight excluding hydrogens is 375 g/mol. The molecule has 1 amide bonds. The zero-order valence-electron chi connectivity index (χ0n) is 15.4. The number of halogens is 3. The van der Waals surface area contributed by atoms with E-state index in [2.05, 4.69) is 20.0 Å². The highest BCUT2D eigenvalue weighted by Gasteiger charge is 2.28. The average Bonchev–Trinajstić information content (AvgIpc) is 2.64. The van der Waals surface area contributed by atoms with Crippen molar-refractivity contribution in [1.29, 1.82) is 0 Å². The Morgan fingerprint density at radius 1 is 1.21 bits per heavy atom. The van der Waals surface area contributed by atoms with Crippen molar-refractivity contribution in [2.45, 2.75) is 38.9 Å². The molecule has 0 aliphatic carbocycles. The molecule has 0 spiro atoms. The molecule has 0 bridgehead atoms. The molecule has 0 radical (unpaired) electrons. The number of rotatable bonds is 8. The van der Waals surface area contributed by atoms with Crippen molar-refractivity contribution in [3.05, 3.63) is 53.5 Å². The lowest BCUT2D eigenvalue weighted by atomic mass is 10.1. The van der Waals surface area contributed by atoms with Crippen LogP contribution < -0.4 is 10.1 Å². The molecule has 150 valence electrons.